The van der Waals surface area contributed by atoms with Crippen molar-refractivity contribution in [1.82, 2.24) is 10.6 Å². The maximum atomic E-state index is 12.0. The normalized spacial score (nSPS) is 13.0. The van der Waals surface area contributed by atoms with E-state index in [1.807, 2.05) is 31.2 Å². The van der Waals surface area contributed by atoms with Crippen LogP contribution in [0.2, 0.25) is 0 Å². The van der Waals surface area contributed by atoms with E-state index in [2.05, 4.69) is 21.3 Å². The molecule has 0 heterocycles. The van der Waals surface area contributed by atoms with Crippen molar-refractivity contribution in [2.45, 2.75) is 32.4 Å². The van der Waals surface area contributed by atoms with Crippen molar-refractivity contribution in [2.24, 2.45) is 0 Å². The molecule has 0 aromatic heterocycles. The zero-order chi connectivity index (χ0) is 17.6. The van der Waals surface area contributed by atoms with Crippen molar-refractivity contribution in [3.05, 3.63) is 59.7 Å². The van der Waals surface area contributed by atoms with Gasteiger partial charge in [0.25, 0.3) is 0 Å². The standard InChI is InChI=1S/C19H22N4O2/c1-13-5-7-14(8-6-13)12-20-18(24)22-16-3-2-4-17(11-16)23-19(25)21-15-9-10-15/h2-8,11,15H,9-10,12H2,1H3,(H2,20,22,24)(H2,21,23,25). The molecule has 0 saturated heterocycles. The number of anilines is 2. The summed E-state index contributed by atoms with van der Waals surface area (Å²) in [5.74, 6) is 0. The van der Waals surface area contributed by atoms with Gasteiger partial charge in [-0.2, -0.15) is 0 Å². The van der Waals surface area contributed by atoms with Crippen LogP contribution in [-0.2, 0) is 6.54 Å². The van der Waals surface area contributed by atoms with Crippen molar-refractivity contribution >= 4 is 23.4 Å². The second-order valence-electron chi connectivity index (χ2n) is 6.25. The van der Waals surface area contributed by atoms with Crippen LogP contribution in [0.4, 0.5) is 21.0 Å². The molecule has 25 heavy (non-hydrogen) atoms. The Morgan fingerprint density at radius 2 is 1.60 bits per heavy atom. The summed E-state index contributed by atoms with van der Waals surface area (Å²) in [5.41, 5.74) is 3.47. The molecule has 4 N–H and O–H groups in total. The highest BCUT2D eigenvalue weighted by atomic mass is 16.2. The largest absolute Gasteiger partial charge is 0.335 e. The second kappa shape index (κ2) is 7.70. The van der Waals surface area contributed by atoms with E-state index < -0.39 is 0 Å². The van der Waals surface area contributed by atoms with E-state index >= 15 is 0 Å². The molecule has 130 valence electrons. The third kappa shape index (κ3) is 5.53. The first-order valence-corrected chi connectivity index (χ1v) is 8.36. The summed E-state index contributed by atoms with van der Waals surface area (Å²) in [7, 11) is 0. The molecular weight excluding hydrogens is 316 g/mol. The van der Waals surface area contributed by atoms with E-state index in [9.17, 15) is 9.59 Å². The number of carbonyl (C=O) groups excluding carboxylic acids is 2. The van der Waals surface area contributed by atoms with Crippen LogP contribution >= 0.6 is 0 Å². The third-order valence-electron chi connectivity index (χ3n) is 3.86. The van der Waals surface area contributed by atoms with Crippen LogP contribution in [-0.4, -0.2) is 18.1 Å². The van der Waals surface area contributed by atoms with Gasteiger partial charge in [-0.3, -0.25) is 0 Å². The molecule has 1 aliphatic rings. The third-order valence-corrected chi connectivity index (χ3v) is 3.86. The van der Waals surface area contributed by atoms with Crippen LogP contribution in [0.25, 0.3) is 0 Å². The molecule has 1 saturated carbocycles. The quantitative estimate of drug-likeness (QED) is 0.672. The van der Waals surface area contributed by atoms with Crippen molar-refractivity contribution < 1.29 is 9.59 Å². The minimum Gasteiger partial charge on any atom is -0.335 e. The van der Waals surface area contributed by atoms with Gasteiger partial charge in [-0.05, 0) is 43.5 Å². The Hall–Kier alpha value is -3.02. The average molecular weight is 338 g/mol. The Balaban J connectivity index is 1.49. The smallest absolute Gasteiger partial charge is 0.319 e. The van der Waals surface area contributed by atoms with E-state index in [-0.39, 0.29) is 12.1 Å². The predicted octanol–water partition coefficient (Wildman–Crippen LogP) is 3.60. The molecule has 6 heteroatoms. The number of amides is 4. The minimum atomic E-state index is -0.292. The van der Waals surface area contributed by atoms with Gasteiger partial charge in [0.05, 0.1) is 0 Å². The summed E-state index contributed by atoms with van der Waals surface area (Å²) in [5, 5.41) is 11.2. The van der Waals surface area contributed by atoms with Crippen molar-refractivity contribution in [2.75, 3.05) is 10.6 Å². The number of urea groups is 2. The number of rotatable bonds is 5. The van der Waals surface area contributed by atoms with Crippen LogP contribution in [0.3, 0.4) is 0 Å². The molecule has 4 amide bonds. The Morgan fingerprint density at radius 3 is 2.24 bits per heavy atom. The summed E-state index contributed by atoms with van der Waals surface area (Å²) in [6.45, 7) is 2.48. The number of nitrogens with one attached hydrogen (secondary N) is 4. The second-order valence-corrected chi connectivity index (χ2v) is 6.25. The van der Waals surface area contributed by atoms with E-state index in [1.54, 1.807) is 24.3 Å². The lowest BCUT2D eigenvalue weighted by molar-refractivity contribution is 0.251. The Kier molecular flexibility index (Phi) is 5.18. The Morgan fingerprint density at radius 1 is 0.960 bits per heavy atom. The molecule has 0 aliphatic heterocycles. The number of carbonyl (C=O) groups is 2. The van der Waals surface area contributed by atoms with Gasteiger partial charge in [-0.1, -0.05) is 35.9 Å². The first-order chi connectivity index (χ1) is 12.1. The number of hydrogen-bond acceptors (Lipinski definition) is 2. The fourth-order valence-electron chi connectivity index (χ4n) is 2.32. The SMILES string of the molecule is Cc1ccc(CNC(=O)Nc2cccc(NC(=O)NC3CC3)c2)cc1. The van der Waals surface area contributed by atoms with E-state index in [0.29, 0.717) is 24.0 Å². The molecule has 0 bridgehead atoms. The van der Waals surface area contributed by atoms with Gasteiger partial charge in [-0.25, -0.2) is 9.59 Å². The summed E-state index contributed by atoms with van der Waals surface area (Å²) in [4.78, 5) is 23.8. The van der Waals surface area contributed by atoms with Gasteiger partial charge in [0, 0.05) is 24.0 Å². The molecule has 0 radical (unpaired) electrons. The molecule has 0 spiro atoms. The lowest BCUT2D eigenvalue weighted by Crippen LogP contribution is -2.30. The van der Waals surface area contributed by atoms with E-state index in [0.717, 1.165) is 18.4 Å². The van der Waals surface area contributed by atoms with E-state index in [1.165, 1.54) is 5.56 Å². The first-order valence-electron chi connectivity index (χ1n) is 8.36. The topological polar surface area (TPSA) is 82.3 Å². The van der Waals surface area contributed by atoms with Crippen molar-refractivity contribution in [3.63, 3.8) is 0 Å². The van der Waals surface area contributed by atoms with Gasteiger partial charge in [0.1, 0.15) is 0 Å². The van der Waals surface area contributed by atoms with Crippen LogP contribution in [0.15, 0.2) is 48.5 Å². The Labute approximate surface area is 147 Å². The highest BCUT2D eigenvalue weighted by Crippen LogP contribution is 2.19. The lowest BCUT2D eigenvalue weighted by Gasteiger charge is -2.10. The zero-order valence-corrected chi connectivity index (χ0v) is 14.1. The molecule has 6 nitrogen and oxygen atoms in total. The van der Waals surface area contributed by atoms with Crippen LogP contribution in [0.1, 0.15) is 24.0 Å². The molecule has 0 atom stereocenters. The Bertz CT molecular complexity index is 754. The molecule has 2 aromatic carbocycles. The highest BCUT2D eigenvalue weighted by Gasteiger charge is 2.23. The minimum absolute atomic E-state index is 0.219. The molecule has 1 aliphatic carbocycles. The monoisotopic (exact) mass is 338 g/mol. The summed E-state index contributed by atoms with van der Waals surface area (Å²) in [6, 6.07) is 14.8. The predicted molar refractivity (Wildman–Crippen MR) is 98.7 cm³/mol. The van der Waals surface area contributed by atoms with Crippen molar-refractivity contribution in [3.8, 4) is 0 Å². The van der Waals surface area contributed by atoms with Gasteiger partial charge >= 0.3 is 12.1 Å². The van der Waals surface area contributed by atoms with Gasteiger partial charge in [0.2, 0.25) is 0 Å². The number of benzene rings is 2. The lowest BCUT2D eigenvalue weighted by atomic mass is 10.1. The first kappa shape index (κ1) is 16.8. The molecule has 2 aromatic rings. The average Bonchev–Trinajstić information content (AvgIpc) is 3.38. The van der Waals surface area contributed by atoms with Crippen molar-refractivity contribution in [1.29, 1.82) is 0 Å². The summed E-state index contributed by atoms with van der Waals surface area (Å²) in [6.07, 6.45) is 2.08. The maximum Gasteiger partial charge on any atom is 0.319 e. The van der Waals surface area contributed by atoms with E-state index in [4.69, 9.17) is 0 Å². The number of hydrogen-bond donors (Lipinski definition) is 4. The molecule has 0 unspecified atom stereocenters. The maximum absolute atomic E-state index is 12.0. The van der Waals surface area contributed by atoms with Gasteiger partial charge < -0.3 is 21.3 Å². The molecule has 1 fully saturated rings. The molecular formula is C19H22N4O2. The zero-order valence-electron chi connectivity index (χ0n) is 14.1. The van der Waals surface area contributed by atoms with Crippen LogP contribution < -0.4 is 21.3 Å². The molecule has 3 rings (SSSR count). The number of aryl methyl sites for hydroxylation is 1. The van der Waals surface area contributed by atoms with Gasteiger partial charge in [0.15, 0.2) is 0 Å². The highest BCUT2D eigenvalue weighted by molar-refractivity contribution is 5.92. The van der Waals surface area contributed by atoms with Crippen LogP contribution in [0.5, 0.6) is 0 Å². The fraction of sp³-hybridized carbons (Fsp3) is 0.263. The summed E-state index contributed by atoms with van der Waals surface area (Å²) < 4.78 is 0. The van der Waals surface area contributed by atoms with Crippen LogP contribution in [0, 0.1) is 6.92 Å². The van der Waals surface area contributed by atoms with Gasteiger partial charge in [-0.15, -0.1) is 0 Å². The fourth-order valence-corrected chi connectivity index (χ4v) is 2.32. The summed E-state index contributed by atoms with van der Waals surface area (Å²) >= 11 is 0.